The molecule has 1 aromatic rings. The van der Waals surface area contributed by atoms with Crippen LogP contribution >= 0.6 is 0 Å². The highest BCUT2D eigenvalue weighted by Gasteiger charge is 2.02. The van der Waals surface area contributed by atoms with Gasteiger partial charge in [0.15, 0.2) is 0 Å². The zero-order chi connectivity index (χ0) is 13.4. The van der Waals surface area contributed by atoms with Crippen molar-refractivity contribution in [2.24, 2.45) is 0 Å². The van der Waals surface area contributed by atoms with Crippen molar-refractivity contribution in [3.63, 3.8) is 0 Å². The summed E-state index contributed by atoms with van der Waals surface area (Å²) in [6.07, 6.45) is 1.46. The van der Waals surface area contributed by atoms with Crippen molar-refractivity contribution in [1.82, 2.24) is 10.2 Å². The number of hydrogen-bond donors (Lipinski definition) is 1. The number of amides is 1. The fourth-order valence-corrected chi connectivity index (χ4v) is 1.60. The van der Waals surface area contributed by atoms with Crippen LogP contribution in [0.25, 0.3) is 0 Å². The fraction of sp³-hybridized carbons (Fsp3) is 0.500. The molecule has 1 N–H and O–H groups in total. The Labute approximate surface area is 109 Å². The van der Waals surface area contributed by atoms with E-state index in [4.69, 9.17) is 4.74 Å². The smallest absolute Gasteiger partial charge is 0.222 e. The van der Waals surface area contributed by atoms with Crippen molar-refractivity contribution in [3.05, 3.63) is 29.8 Å². The van der Waals surface area contributed by atoms with Gasteiger partial charge in [-0.05, 0) is 30.7 Å². The van der Waals surface area contributed by atoms with Gasteiger partial charge in [-0.25, -0.2) is 0 Å². The number of methoxy groups -OCH3 is 1. The maximum atomic E-state index is 11.3. The average molecular weight is 250 g/mol. The first-order chi connectivity index (χ1) is 8.63. The Balaban J connectivity index is 2.19. The Morgan fingerprint density at radius 3 is 2.83 bits per heavy atom. The fourth-order valence-electron chi connectivity index (χ4n) is 1.60. The van der Waals surface area contributed by atoms with Gasteiger partial charge >= 0.3 is 0 Å². The van der Waals surface area contributed by atoms with Gasteiger partial charge < -0.3 is 15.0 Å². The molecule has 0 saturated heterocycles. The lowest BCUT2D eigenvalue weighted by Crippen LogP contribution is -2.23. The highest BCUT2D eigenvalue weighted by Crippen LogP contribution is 2.12. The molecule has 4 heteroatoms. The van der Waals surface area contributed by atoms with Crippen molar-refractivity contribution >= 4 is 5.91 Å². The van der Waals surface area contributed by atoms with Gasteiger partial charge in [-0.2, -0.15) is 0 Å². The molecule has 4 nitrogen and oxygen atoms in total. The van der Waals surface area contributed by atoms with E-state index >= 15 is 0 Å². The molecule has 0 atom stereocenters. The summed E-state index contributed by atoms with van der Waals surface area (Å²) in [6.45, 7) is 1.64. The molecule has 1 aromatic carbocycles. The van der Waals surface area contributed by atoms with Crippen LogP contribution in [0.3, 0.4) is 0 Å². The summed E-state index contributed by atoms with van der Waals surface area (Å²) in [5.41, 5.74) is 1.19. The Bertz CT molecular complexity index is 378. The maximum Gasteiger partial charge on any atom is 0.222 e. The van der Waals surface area contributed by atoms with E-state index in [0.29, 0.717) is 6.42 Å². The van der Waals surface area contributed by atoms with Crippen molar-refractivity contribution in [2.45, 2.75) is 19.4 Å². The van der Waals surface area contributed by atoms with E-state index in [1.165, 1.54) is 5.56 Å². The van der Waals surface area contributed by atoms with Crippen LogP contribution in [0.2, 0.25) is 0 Å². The molecule has 100 valence electrons. The number of nitrogens with zero attached hydrogens (tertiary/aromatic N) is 1. The third-order valence-corrected chi connectivity index (χ3v) is 2.71. The molecule has 0 bridgehead atoms. The third kappa shape index (κ3) is 5.19. The predicted molar refractivity (Wildman–Crippen MR) is 72.6 cm³/mol. The molecule has 0 aliphatic carbocycles. The van der Waals surface area contributed by atoms with Crippen molar-refractivity contribution in [2.75, 3.05) is 27.7 Å². The molecule has 0 unspecified atom stereocenters. The molecular weight excluding hydrogens is 228 g/mol. The predicted octanol–water partition coefficient (Wildman–Crippen LogP) is 1.65. The lowest BCUT2D eigenvalue weighted by molar-refractivity contribution is -0.128. The van der Waals surface area contributed by atoms with E-state index in [9.17, 15) is 4.79 Å². The summed E-state index contributed by atoms with van der Waals surface area (Å²) >= 11 is 0. The van der Waals surface area contributed by atoms with Crippen LogP contribution in [0.5, 0.6) is 5.75 Å². The number of benzene rings is 1. The first-order valence-electron chi connectivity index (χ1n) is 6.17. The number of ether oxygens (including phenoxy) is 1. The van der Waals surface area contributed by atoms with Gasteiger partial charge in [0.2, 0.25) is 5.91 Å². The molecule has 0 saturated carbocycles. The van der Waals surface area contributed by atoms with E-state index in [1.807, 2.05) is 18.2 Å². The minimum atomic E-state index is 0.179. The number of carbonyl (C=O) groups is 1. The highest BCUT2D eigenvalue weighted by molar-refractivity contribution is 5.75. The van der Waals surface area contributed by atoms with Crippen molar-refractivity contribution in [3.8, 4) is 5.75 Å². The van der Waals surface area contributed by atoms with Gasteiger partial charge in [0, 0.05) is 27.1 Å². The van der Waals surface area contributed by atoms with Gasteiger partial charge in [-0.3, -0.25) is 4.79 Å². The molecule has 0 radical (unpaired) electrons. The van der Waals surface area contributed by atoms with Gasteiger partial charge in [-0.1, -0.05) is 12.1 Å². The highest BCUT2D eigenvalue weighted by atomic mass is 16.5. The SMILES string of the molecule is COc1cccc(CNCCCC(=O)N(C)C)c1. The van der Waals surface area contributed by atoms with E-state index < -0.39 is 0 Å². The van der Waals surface area contributed by atoms with Crippen LogP contribution in [0.1, 0.15) is 18.4 Å². The van der Waals surface area contributed by atoms with E-state index in [0.717, 1.165) is 25.3 Å². The maximum absolute atomic E-state index is 11.3. The molecule has 0 spiro atoms. The number of rotatable bonds is 7. The van der Waals surface area contributed by atoms with Crippen LogP contribution in [0, 0.1) is 0 Å². The van der Waals surface area contributed by atoms with E-state index in [-0.39, 0.29) is 5.91 Å². The van der Waals surface area contributed by atoms with Crippen LogP contribution in [0.15, 0.2) is 24.3 Å². The first kappa shape index (κ1) is 14.5. The zero-order valence-electron chi connectivity index (χ0n) is 11.4. The number of carbonyl (C=O) groups excluding carboxylic acids is 1. The summed E-state index contributed by atoms with van der Waals surface area (Å²) in [6, 6.07) is 7.98. The molecule has 0 fully saturated rings. The Morgan fingerprint density at radius 2 is 2.17 bits per heavy atom. The van der Waals surface area contributed by atoms with Crippen LogP contribution in [-0.2, 0) is 11.3 Å². The largest absolute Gasteiger partial charge is 0.497 e. The summed E-state index contributed by atoms with van der Waals surface area (Å²) in [4.78, 5) is 13.0. The quantitative estimate of drug-likeness (QED) is 0.748. The lowest BCUT2D eigenvalue weighted by Gasteiger charge is -2.10. The molecular formula is C14H22N2O2. The van der Waals surface area contributed by atoms with E-state index in [1.54, 1.807) is 26.1 Å². The zero-order valence-corrected chi connectivity index (χ0v) is 11.4. The lowest BCUT2D eigenvalue weighted by atomic mass is 10.2. The molecule has 0 aliphatic rings. The summed E-state index contributed by atoms with van der Waals surface area (Å²) < 4.78 is 5.16. The first-order valence-corrected chi connectivity index (χ1v) is 6.17. The minimum absolute atomic E-state index is 0.179. The Kier molecular flexibility index (Phi) is 6.22. The normalized spacial score (nSPS) is 10.2. The molecule has 0 aromatic heterocycles. The molecule has 18 heavy (non-hydrogen) atoms. The van der Waals surface area contributed by atoms with Crippen LogP contribution < -0.4 is 10.1 Å². The Morgan fingerprint density at radius 1 is 1.39 bits per heavy atom. The standard InChI is InChI=1S/C14H22N2O2/c1-16(2)14(17)8-5-9-15-11-12-6-4-7-13(10-12)18-3/h4,6-7,10,15H,5,8-9,11H2,1-3H3. The second-order valence-electron chi connectivity index (χ2n) is 4.42. The third-order valence-electron chi connectivity index (χ3n) is 2.71. The van der Waals surface area contributed by atoms with Gasteiger partial charge in [0.1, 0.15) is 5.75 Å². The molecule has 1 rings (SSSR count). The Hall–Kier alpha value is -1.55. The summed E-state index contributed by atoms with van der Waals surface area (Å²) in [7, 11) is 5.23. The van der Waals surface area contributed by atoms with Gasteiger partial charge in [-0.15, -0.1) is 0 Å². The average Bonchev–Trinajstić information content (AvgIpc) is 2.38. The summed E-state index contributed by atoms with van der Waals surface area (Å²) in [5, 5.41) is 3.32. The topological polar surface area (TPSA) is 41.6 Å². The van der Waals surface area contributed by atoms with Crippen LogP contribution in [0.4, 0.5) is 0 Å². The molecule has 0 aliphatic heterocycles. The second kappa shape index (κ2) is 7.71. The van der Waals surface area contributed by atoms with Gasteiger partial charge in [0.05, 0.1) is 7.11 Å². The second-order valence-corrected chi connectivity index (χ2v) is 4.42. The van der Waals surface area contributed by atoms with E-state index in [2.05, 4.69) is 11.4 Å². The summed E-state index contributed by atoms with van der Waals surface area (Å²) in [5.74, 6) is 1.05. The van der Waals surface area contributed by atoms with Crippen molar-refractivity contribution in [1.29, 1.82) is 0 Å². The monoisotopic (exact) mass is 250 g/mol. The number of hydrogen-bond acceptors (Lipinski definition) is 3. The molecule has 0 heterocycles. The molecule has 1 amide bonds. The number of nitrogens with one attached hydrogen (secondary N) is 1. The van der Waals surface area contributed by atoms with Crippen molar-refractivity contribution < 1.29 is 9.53 Å². The van der Waals surface area contributed by atoms with Crippen LogP contribution in [-0.4, -0.2) is 38.6 Å². The van der Waals surface area contributed by atoms with Gasteiger partial charge in [0.25, 0.3) is 0 Å². The minimum Gasteiger partial charge on any atom is -0.497 e.